The second kappa shape index (κ2) is 7.86. The van der Waals surface area contributed by atoms with Crippen molar-refractivity contribution in [3.8, 4) is 11.5 Å². The van der Waals surface area contributed by atoms with Gasteiger partial charge in [0, 0.05) is 44.6 Å². The fourth-order valence-electron chi connectivity index (χ4n) is 2.93. The summed E-state index contributed by atoms with van der Waals surface area (Å²) in [7, 11) is 3.09. The lowest BCUT2D eigenvalue weighted by molar-refractivity contribution is 0.0533. The fourth-order valence-corrected chi connectivity index (χ4v) is 2.93. The molecule has 136 valence electrons. The number of benzene rings is 1. The molecular formula is C19H21N3O4. The van der Waals surface area contributed by atoms with Crippen LogP contribution in [0, 0.1) is 0 Å². The van der Waals surface area contributed by atoms with Crippen LogP contribution in [0.2, 0.25) is 0 Å². The summed E-state index contributed by atoms with van der Waals surface area (Å²) in [5.74, 6) is 0.929. The van der Waals surface area contributed by atoms with Gasteiger partial charge in [0.1, 0.15) is 11.5 Å². The van der Waals surface area contributed by atoms with Crippen molar-refractivity contribution in [1.29, 1.82) is 0 Å². The van der Waals surface area contributed by atoms with Crippen LogP contribution >= 0.6 is 0 Å². The maximum absolute atomic E-state index is 12.8. The van der Waals surface area contributed by atoms with Gasteiger partial charge in [-0.05, 0) is 24.3 Å². The molecule has 0 N–H and O–H groups in total. The smallest absolute Gasteiger partial charge is 0.257 e. The van der Waals surface area contributed by atoms with E-state index < -0.39 is 0 Å². The number of carbonyl (C=O) groups excluding carboxylic acids is 2. The van der Waals surface area contributed by atoms with E-state index in [4.69, 9.17) is 9.47 Å². The third-order valence-electron chi connectivity index (χ3n) is 4.40. The Morgan fingerprint density at radius 1 is 0.962 bits per heavy atom. The predicted octanol–water partition coefficient (Wildman–Crippen LogP) is 1.70. The molecule has 3 rings (SSSR count). The van der Waals surface area contributed by atoms with Crippen LogP contribution in [0.25, 0.3) is 0 Å². The average molecular weight is 355 g/mol. The quantitative estimate of drug-likeness (QED) is 0.835. The van der Waals surface area contributed by atoms with Crippen LogP contribution in [0.15, 0.2) is 42.7 Å². The van der Waals surface area contributed by atoms with Crippen molar-refractivity contribution < 1.29 is 19.1 Å². The number of carbonyl (C=O) groups is 2. The molecule has 0 spiro atoms. The highest BCUT2D eigenvalue weighted by atomic mass is 16.5. The van der Waals surface area contributed by atoms with Gasteiger partial charge in [-0.3, -0.25) is 14.6 Å². The van der Waals surface area contributed by atoms with Crippen molar-refractivity contribution in [3.63, 3.8) is 0 Å². The molecule has 7 nitrogen and oxygen atoms in total. The third-order valence-corrected chi connectivity index (χ3v) is 4.40. The number of piperazine rings is 1. The summed E-state index contributed by atoms with van der Waals surface area (Å²) in [5.41, 5.74) is 1.05. The largest absolute Gasteiger partial charge is 0.497 e. The highest BCUT2D eigenvalue weighted by Gasteiger charge is 2.27. The number of nitrogens with zero attached hydrogens (tertiary/aromatic N) is 3. The molecule has 26 heavy (non-hydrogen) atoms. The molecule has 0 aliphatic carbocycles. The molecular weight excluding hydrogens is 334 g/mol. The van der Waals surface area contributed by atoms with Crippen LogP contribution < -0.4 is 9.47 Å². The number of hydrogen-bond acceptors (Lipinski definition) is 5. The van der Waals surface area contributed by atoms with Crippen LogP contribution in [0.1, 0.15) is 20.7 Å². The first-order valence-electron chi connectivity index (χ1n) is 8.34. The Kier molecular flexibility index (Phi) is 5.36. The molecule has 7 heteroatoms. The van der Waals surface area contributed by atoms with Crippen LogP contribution in [-0.4, -0.2) is 67.0 Å². The lowest BCUT2D eigenvalue weighted by Gasteiger charge is -2.35. The SMILES string of the molecule is COc1ccc(C(=O)N2CCN(C(=O)c3cccnc3)CC2)c(OC)c1. The summed E-state index contributed by atoms with van der Waals surface area (Å²) < 4.78 is 10.5. The van der Waals surface area contributed by atoms with Gasteiger partial charge in [0.25, 0.3) is 11.8 Å². The minimum atomic E-state index is -0.113. The van der Waals surface area contributed by atoms with Crippen molar-refractivity contribution in [1.82, 2.24) is 14.8 Å². The first-order chi connectivity index (χ1) is 12.6. The first kappa shape index (κ1) is 17.7. The van der Waals surface area contributed by atoms with Gasteiger partial charge in [-0.25, -0.2) is 0 Å². The van der Waals surface area contributed by atoms with Crippen molar-refractivity contribution in [2.75, 3.05) is 40.4 Å². The van der Waals surface area contributed by atoms with Gasteiger partial charge in [0.15, 0.2) is 0 Å². The maximum atomic E-state index is 12.8. The van der Waals surface area contributed by atoms with Gasteiger partial charge < -0.3 is 19.3 Å². The molecule has 1 fully saturated rings. The number of amides is 2. The number of aromatic nitrogens is 1. The lowest BCUT2D eigenvalue weighted by Crippen LogP contribution is -2.50. The van der Waals surface area contributed by atoms with Gasteiger partial charge in [-0.1, -0.05) is 0 Å². The monoisotopic (exact) mass is 355 g/mol. The topological polar surface area (TPSA) is 72.0 Å². The van der Waals surface area contributed by atoms with E-state index in [0.717, 1.165) is 0 Å². The molecule has 1 aliphatic rings. The molecule has 0 saturated carbocycles. The van der Waals surface area contributed by atoms with Crippen LogP contribution in [-0.2, 0) is 0 Å². The molecule has 0 radical (unpaired) electrons. The summed E-state index contributed by atoms with van der Waals surface area (Å²) in [6.45, 7) is 1.91. The molecule has 0 atom stereocenters. The van der Waals surface area contributed by atoms with Gasteiger partial charge in [-0.2, -0.15) is 0 Å². The molecule has 0 unspecified atom stereocenters. The fraction of sp³-hybridized carbons (Fsp3) is 0.316. The van der Waals surface area contributed by atoms with E-state index in [2.05, 4.69) is 4.98 Å². The zero-order chi connectivity index (χ0) is 18.5. The van der Waals surface area contributed by atoms with Crippen LogP contribution in [0.5, 0.6) is 11.5 Å². The lowest BCUT2D eigenvalue weighted by atomic mass is 10.1. The van der Waals surface area contributed by atoms with Crippen LogP contribution in [0.3, 0.4) is 0 Å². The van der Waals surface area contributed by atoms with E-state index in [-0.39, 0.29) is 11.8 Å². The van der Waals surface area contributed by atoms with E-state index in [1.807, 2.05) is 0 Å². The molecule has 2 aromatic rings. The van der Waals surface area contributed by atoms with Crippen LogP contribution in [0.4, 0.5) is 0 Å². The normalized spacial score (nSPS) is 14.1. The van der Waals surface area contributed by atoms with Crippen molar-refractivity contribution in [2.24, 2.45) is 0 Å². The predicted molar refractivity (Wildman–Crippen MR) is 95.6 cm³/mol. The van der Waals surface area contributed by atoms with E-state index in [1.165, 1.54) is 7.11 Å². The Morgan fingerprint density at radius 2 is 1.65 bits per heavy atom. The summed E-state index contributed by atoms with van der Waals surface area (Å²) in [4.78, 5) is 32.7. The van der Waals surface area contributed by atoms with Crippen molar-refractivity contribution in [2.45, 2.75) is 0 Å². The molecule has 2 heterocycles. The Balaban J connectivity index is 1.66. The number of methoxy groups -OCH3 is 2. The summed E-state index contributed by atoms with van der Waals surface area (Å²) in [5, 5.41) is 0. The number of rotatable bonds is 4. The average Bonchev–Trinajstić information content (AvgIpc) is 2.73. The van der Waals surface area contributed by atoms with E-state index in [1.54, 1.807) is 59.6 Å². The van der Waals surface area contributed by atoms with Crippen molar-refractivity contribution >= 4 is 11.8 Å². The summed E-state index contributed by atoms with van der Waals surface area (Å²) in [6.07, 6.45) is 3.19. The summed E-state index contributed by atoms with van der Waals surface area (Å²) in [6, 6.07) is 8.61. The van der Waals surface area contributed by atoms with Gasteiger partial charge >= 0.3 is 0 Å². The molecule has 1 saturated heterocycles. The van der Waals surface area contributed by atoms with E-state index in [9.17, 15) is 9.59 Å². The maximum Gasteiger partial charge on any atom is 0.257 e. The highest BCUT2D eigenvalue weighted by molar-refractivity contribution is 5.98. The first-order valence-corrected chi connectivity index (χ1v) is 8.34. The number of hydrogen-bond donors (Lipinski definition) is 0. The Morgan fingerprint density at radius 3 is 2.23 bits per heavy atom. The Labute approximate surface area is 152 Å². The van der Waals surface area contributed by atoms with E-state index in [0.29, 0.717) is 48.8 Å². The molecule has 1 aliphatic heterocycles. The zero-order valence-electron chi connectivity index (χ0n) is 14.8. The Bertz CT molecular complexity index is 787. The standard InChI is InChI=1S/C19H21N3O4/c1-25-15-5-6-16(17(12-15)26-2)19(24)22-10-8-21(9-11-22)18(23)14-4-3-7-20-13-14/h3-7,12-13H,8-11H2,1-2H3. The third kappa shape index (κ3) is 3.61. The van der Waals surface area contributed by atoms with Gasteiger partial charge in [0.05, 0.1) is 25.3 Å². The highest BCUT2D eigenvalue weighted by Crippen LogP contribution is 2.26. The van der Waals surface area contributed by atoms with Gasteiger partial charge in [-0.15, -0.1) is 0 Å². The molecule has 0 bridgehead atoms. The number of pyridine rings is 1. The van der Waals surface area contributed by atoms with Gasteiger partial charge in [0.2, 0.25) is 0 Å². The number of ether oxygens (including phenoxy) is 2. The molecule has 1 aromatic heterocycles. The molecule has 1 aromatic carbocycles. The second-order valence-corrected chi connectivity index (χ2v) is 5.89. The zero-order valence-corrected chi connectivity index (χ0v) is 14.8. The minimum Gasteiger partial charge on any atom is -0.497 e. The second-order valence-electron chi connectivity index (χ2n) is 5.89. The van der Waals surface area contributed by atoms with E-state index >= 15 is 0 Å². The van der Waals surface area contributed by atoms with Crippen molar-refractivity contribution in [3.05, 3.63) is 53.9 Å². The molecule has 2 amide bonds. The minimum absolute atomic E-state index is 0.0628. The Hall–Kier alpha value is -3.09. The summed E-state index contributed by atoms with van der Waals surface area (Å²) >= 11 is 0.